The lowest BCUT2D eigenvalue weighted by Gasteiger charge is -2.34. The Labute approximate surface area is 381 Å². The van der Waals surface area contributed by atoms with Crippen molar-refractivity contribution in [3.05, 3.63) is 264 Å². The third-order valence-electron chi connectivity index (χ3n) is 13.8. The fourth-order valence-corrected chi connectivity index (χ4v) is 10.8. The highest BCUT2D eigenvalue weighted by Crippen LogP contribution is 2.56. The number of hydrogen-bond donors (Lipinski definition) is 0. The first-order valence-electron chi connectivity index (χ1n) is 22.8. The van der Waals surface area contributed by atoms with Gasteiger partial charge in [0.25, 0.3) is 0 Å². The summed E-state index contributed by atoms with van der Waals surface area (Å²) in [6, 6.07) is 87.6. The minimum atomic E-state index is -0.477. The maximum Gasteiger partial charge on any atom is 0.0714 e. The van der Waals surface area contributed by atoms with E-state index in [1.54, 1.807) is 0 Å². The lowest BCUT2D eigenvalue weighted by Crippen LogP contribution is -2.28. The summed E-state index contributed by atoms with van der Waals surface area (Å²) in [6.45, 7) is 6.81. The first-order valence-corrected chi connectivity index (χ1v) is 22.8. The van der Waals surface area contributed by atoms with Crippen molar-refractivity contribution in [2.75, 3.05) is 4.90 Å². The number of hydrogen-bond acceptors (Lipinski definition) is 1. The fourth-order valence-electron chi connectivity index (χ4n) is 10.8. The second-order valence-corrected chi connectivity index (χ2v) is 18.5. The van der Waals surface area contributed by atoms with E-state index >= 15 is 0 Å². The third kappa shape index (κ3) is 6.09. The molecule has 0 atom stereocenters. The Hall–Kier alpha value is -7.94. The second-order valence-electron chi connectivity index (χ2n) is 18.5. The van der Waals surface area contributed by atoms with Gasteiger partial charge in [0.05, 0.1) is 22.1 Å². The van der Waals surface area contributed by atoms with E-state index in [1.807, 2.05) is 0 Å². The summed E-state index contributed by atoms with van der Waals surface area (Å²) >= 11 is 0. The van der Waals surface area contributed by atoms with Gasteiger partial charge in [0, 0.05) is 33.2 Å². The van der Waals surface area contributed by atoms with Crippen LogP contribution < -0.4 is 4.90 Å². The number of nitrogens with zero attached hydrogens (tertiary/aromatic N) is 2. The average Bonchev–Trinajstić information content (AvgIpc) is 3.85. The van der Waals surface area contributed by atoms with Gasteiger partial charge in [-0.1, -0.05) is 197 Å². The average molecular weight is 833 g/mol. The standard InChI is InChI=1S/C63H48N2/c1-62(2,3)44-32-34-48(35-33-44)64(47-23-11-6-12-24-47)60-40-38-50(51-25-13-14-27-54(51)60)43-31-39-61-56(41-43)55-28-16-18-30-59(55)65(61)49-36-37-53-52-26-15-17-29-57(52)63(58(53)42-49,45-19-7-4-8-20-45)46-21-9-5-10-22-46/h4-42H,1-3H3. The molecule has 65 heavy (non-hydrogen) atoms. The monoisotopic (exact) mass is 832 g/mol. The predicted molar refractivity (Wildman–Crippen MR) is 274 cm³/mol. The van der Waals surface area contributed by atoms with Crippen molar-refractivity contribution in [2.24, 2.45) is 0 Å². The first-order chi connectivity index (χ1) is 31.9. The SMILES string of the molecule is CC(C)(C)c1ccc(N(c2ccccc2)c2ccc(-c3ccc4c(c3)c3ccccc3n4-c3ccc4c(c3)C(c3ccccc3)(c3ccccc3)c3ccccc3-4)c3ccccc23)cc1. The van der Waals surface area contributed by atoms with Crippen molar-refractivity contribution in [1.82, 2.24) is 4.57 Å². The molecule has 2 nitrogen and oxygen atoms in total. The number of fused-ring (bicyclic) bond motifs is 7. The van der Waals surface area contributed by atoms with Gasteiger partial charge >= 0.3 is 0 Å². The molecule has 0 radical (unpaired) electrons. The Balaban J connectivity index is 1.03. The number of benzene rings is 10. The smallest absolute Gasteiger partial charge is 0.0714 e. The molecule has 0 bridgehead atoms. The molecule has 0 aliphatic heterocycles. The molecule has 0 saturated carbocycles. The molecule has 0 saturated heterocycles. The van der Waals surface area contributed by atoms with Gasteiger partial charge in [0.2, 0.25) is 0 Å². The molecule has 2 heteroatoms. The van der Waals surface area contributed by atoms with Crippen LogP contribution in [0.4, 0.5) is 17.1 Å². The van der Waals surface area contributed by atoms with Crippen molar-refractivity contribution in [2.45, 2.75) is 31.6 Å². The molecule has 310 valence electrons. The van der Waals surface area contributed by atoms with Gasteiger partial charge in [-0.3, -0.25) is 0 Å². The maximum atomic E-state index is 2.47. The van der Waals surface area contributed by atoms with E-state index in [0.29, 0.717) is 0 Å². The largest absolute Gasteiger partial charge is 0.310 e. The zero-order chi connectivity index (χ0) is 43.7. The zero-order valence-electron chi connectivity index (χ0n) is 36.9. The Morgan fingerprint density at radius 3 is 1.65 bits per heavy atom. The number of aromatic nitrogens is 1. The molecule has 0 N–H and O–H groups in total. The summed E-state index contributed by atoms with van der Waals surface area (Å²) in [6.07, 6.45) is 0. The molecule has 0 unspecified atom stereocenters. The van der Waals surface area contributed by atoms with Crippen LogP contribution in [0.3, 0.4) is 0 Å². The number of anilines is 3. The predicted octanol–water partition coefficient (Wildman–Crippen LogP) is 16.7. The molecule has 1 heterocycles. The van der Waals surface area contributed by atoms with Gasteiger partial charge in [-0.25, -0.2) is 0 Å². The summed E-state index contributed by atoms with van der Waals surface area (Å²) in [4.78, 5) is 2.40. The summed E-state index contributed by atoms with van der Waals surface area (Å²) in [7, 11) is 0. The number of para-hydroxylation sites is 2. The summed E-state index contributed by atoms with van der Waals surface area (Å²) in [5, 5.41) is 4.89. The van der Waals surface area contributed by atoms with Crippen LogP contribution in [0.5, 0.6) is 0 Å². The van der Waals surface area contributed by atoms with Crippen LogP contribution in [0, 0.1) is 0 Å². The Kier molecular flexibility index (Phi) is 9.00. The molecular weight excluding hydrogens is 785 g/mol. The van der Waals surface area contributed by atoms with Crippen molar-refractivity contribution >= 4 is 49.6 Å². The lowest BCUT2D eigenvalue weighted by atomic mass is 9.67. The van der Waals surface area contributed by atoms with Gasteiger partial charge in [-0.15, -0.1) is 0 Å². The molecule has 10 aromatic carbocycles. The van der Waals surface area contributed by atoms with Crippen LogP contribution >= 0.6 is 0 Å². The molecule has 0 amide bonds. The molecule has 12 rings (SSSR count). The van der Waals surface area contributed by atoms with E-state index < -0.39 is 5.41 Å². The van der Waals surface area contributed by atoms with E-state index in [4.69, 9.17) is 0 Å². The molecule has 1 aliphatic rings. The molecule has 0 spiro atoms. The van der Waals surface area contributed by atoms with Crippen molar-refractivity contribution in [3.8, 4) is 27.9 Å². The summed E-state index contributed by atoms with van der Waals surface area (Å²) in [5.74, 6) is 0. The third-order valence-corrected chi connectivity index (χ3v) is 13.8. The van der Waals surface area contributed by atoms with Crippen LogP contribution in [-0.4, -0.2) is 4.57 Å². The van der Waals surface area contributed by atoms with E-state index in [1.165, 1.54) is 82.6 Å². The highest BCUT2D eigenvalue weighted by Gasteiger charge is 2.46. The fraction of sp³-hybridized carbons (Fsp3) is 0.0794. The van der Waals surface area contributed by atoms with Crippen molar-refractivity contribution in [3.63, 3.8) is 0 Å². The van der Waals surface area contributed by atoms with Crippen LogP contribution in [0.15, 0.2) is 237 Å². The lowest BCUT2D eigenvalue weighted by molar-refractivity contribution is 0.590. The first kappa shape index (κ1) is 38.7. The zero-order valence-corrected chi connectivity index (χ0v) is 36.9. The Bertz CT molecular complexity index is 3520. The second kappa shape index (κ2) is 15.1. The highest BCUT2D eigenvalue weighted by atomic mass is 15.1. The summed E-state index contributed by atoms with van der Waals surface area (Å²) < 4.78 is 2.47. The van der Waals surface area contributed by atoms with Gasteiger partial charge in [-0.05, 0) is 122 Å². The minimum Gasteiger partial charge on any atom is -0.310 e. The Morgan fingerprint density at radius 2 is 0.938 bits per heavy atom. The summed E-state index contributed by atoms with van der Waals surface area (Å²) in [5.41, 5.74) is 18.0. The molecule has 11 aromatic rings. The molecular formula is C63H48N2. The maximum absolute atomic E-state index is 2.47. The van der Waals surface area contributed by atoms with Crippen molar-refractivity contribution in [1.29, 1.82) is 0 Å². The van der Waals surface area contributed by atoms with Crippen LogP contribution in [-0.2, 0) is 10.8 Å². The van der Waals surface area contributed by atoms with Gasteiger partial charge < -0.3 is 9.47 Å². The van der Waals surface area contributed by atoms with Crippen LogP contribution in [0.2, 0.25) is 0 Å². The van der Waals surface area contributed by atoms with Gasteiger partial charge in [-0.2, -0.15) is 0 Å². The molecule has 0 fully saturated rings. The van der Waals surface area contributed by atoms with E-state index in [-0.39, 0.29) is 5.41 Å². The molecule has 1 aliphatic carbocycles. The minimum absolute atomic E-state index is 0.0716. The topological polar surface area (TPSA) is 8.17 Å². The van der Waals surface area contributed by atoms with Gasteiger partial charge in [0.15, 0.2) is 0 Å². The normalized spacial score (nSPS) is 13.0. The highest BCUT2D eigenvalue weighted by molar-refractivity contribution is 6.12. The number of rotatable bonds is 7. The van der Waals surface area contributed by atoms with E-state index in [9.17, 15) is 0 Å². The van der Waals surface area contributed by atoms with Crippen LogP contribution in [0.1, 0.15) is 48.6 Å². The van der Waals surface area contributed by atoms with Crippen LogP contribution in [0.25, 0.3) is 60.5 Å². The van der Waals surface area contributed by atoms with E-state index in [0.717, 1.165) is 22.7 Å². The quantitative estimate of drug-likeness (QED) is 0.155. The molecule has 1 aromatic heterocycles. The van der Waals surface area contributed by atoms with Gasteiger partial charge in [0.1, 0.15) is 0 Å². The van der Waals surface area contributed by atoms with Crippen molar-refractivity contribution < 1.29 is 0 Å². The Morgan fingerprint density at radius 1 is 0.385 bits per heavy atom. The van der Waals surface area contributed by atoms with E-state index in [2.05, 4.69) is 267 Å².